The monoisotopic (exact) mass is 421 g/mol. The van der Waals surface area contributed by atoms with Gasteiger partial charge >= 0.3 is 0 Å². The number of anilines is 1. The number of aryl methyl sites for hydroxylation is 3. The topological polar surface area (TPSA) is 89.4 Å². The predicted octanol–water partition coefficient (Wildman–Crippen LogP) is 2.30. The lowest BCUT2D eigenvalue weighted by atomic mass is 10.1. The first kappa shape index (κ1) is 21.1. The predicted molar refractivity (Wildman–Crippen MR) is 120 cm³/mol. The summed E-state index contributed by atoms with van der Waals surface area (Å²) in [4.78, 5) is 37.3. The van der Waals surface area contributed by atoms with E-state index >= 15 is 0 Å². The Morgan fingerprint density at radius 1 is 1.03 bits per heavy atom. The summed E-state index contributed by atoms with van der Waals surface area (Å²) in [7, 11) is 0. The van der Waals surface area contributed by atoms with E-state index < -0.39 is 5.91 Å². The highest BCUT2D eigenvalue weighted by Crippen LogP contribution is 2.18. The molecule has 1 N–H and O–H groups in total. The van der Waals surface area contributed by atoms with E-state index in [1.807, 2.05) is 26.0 Å². The summed E-state index contributed by atoms with van der Waals surface area (Å²) in [6.45, 7) is 10.0. The number of hydrogen-bond acceptors (Lipinski definition) is 6. The van der Waals surface area contributed by atoms with Crippen molar-refractivity contribution >= 4 is 22.6 Å². The summed E-state index contributed by atoms with van der Waals surface area (Å²) in [6, 6.07) is 7.19. The van der Waals surface area contributed by atoms with E-state index in [1.54, 1.807) is 29.8 Å². The molecule has 0 spiro atoms. The molecule has 8 heteroatoms. The van der Waals surface area contributed by atoms with Gasteiger partial charge in [-0.2, -0.15) is 0 Å². The first-order valence-electron chi connectivity index (χ1n) is 10.5. The second kappa shape index (κ2) is 8.95. The smallest absolute Gasteiger partial charge is 0.263 e. The van der Waals surface area contributed by atoms with Crippen molar-refractivity contribution in [1.82, 2.24) is 19.4 Å². The van der Waals surface area contributed by atoms with Crippen LogP contribution in [0.1, 0.15) is 27.3 Å². The standard InChI is InChI=1S/C23H27N5O3/c1-15-6-7-28(9-8-27-10-12-31-13-11-27)23(30)21(15)22(29)26-18-4-5-19-20(14-18)25-17(3)16(2)24-19/h4-7,14H,8-13H2,1-3H3,(H,26,29). The zero-order valence-electron chi connectivity index (χ0n) is 18.1. The second-order valence-corrected chi connectivity index (χ2v) is 7.88. The van der Waals surface area contributed by atoms with Crippen molar-refractivity contribution in [2.24, 2.45) is 0 Å². The molecule has 31 heavy (non-hydrogen) atoms. The van der Waals surface area contributed by atoms with Crippen LogP contribution in [0, 0.1) is 20.8 Å². The fourth-order valence-electron chi connectivity index (χ4n) is 3.69. The van der Waals surface area contributed by atoms with Gasteiger partial charge in [0.25, 0.3) is 11.5 Å². The highest BCUT2D eigenvalue weighted by Gasteiger charge is 2.17. The molecular formula is C23H27N5O3. The van der Waals surface area contributed by atoms with Crippen molar-refractivity contribution < 1.29 is 9.53 Å². The first-order chi connectivity index (χ1) is 14.9. The molecule has 4 rings (SSSR count). The number of aromatic nitrogens is 3. The van der Waals surface area contributed by atoms with Crippen LogP contribution in [-0.2, 0) is 11.3 Å². The van der Waals surface area contributed by atoms with Gasteiger partial charge < -0.3 is 14.6 Å². The van der Waals surface area contributed by atoms with Crippen LogP contribution in [0.15, 0.2) is 35.3 Å². The highest BCUT2D eigenvalue weighted by molar-refractivity contribution is 6.05. The minimum absolute atomic E-state index is 0.163. The van der Waals surface area contributed by atoms with Gasteiger partial charge in [0.05, 0.1) is 35.6 Å². The van der Waals surface area contributed by atoms with E-state index in [-0.39, 0.29) is 11.1 Å². The summed E-state index contributed by atoms with van der Waals surface area (Å²) in [5, 5.41) is 2.85. The van der Waals surface area contributed by atoms with Crippen LogP contribution in [0.5, 0.6) is 0 Å². The molecule has 0 atom stereocenters. The molecular weight excluding hydrogens is 394 g/mol. The second-order valence-electron chi connectivity index (χ2n) is 7.88. The number of carbonyl (C=O) groups excluding carboxylic acids is 1. The number of benzene rings is 1. The van der Waals surface area contributed by atoms with E-state index in [9.17, 15) is 9.59 Å². The summed E-state index contributed by atoms with van der Waals surface area (Å²) in [6.07, 6.45) is 1.76. The maximum atomic E-state index is 13.0. The number of nitrogens with zero attached hydrogens (tertiary/aromatic N) is 4. The van der Waals surface area contributed by atoms with Crippen molar-refractivity contribution in [2.45, 2.75) is 27.3 Å². The zero-order valence-corrected chi connectivity index (χ0v) is 18.1. The SMILES string of the molecule is Cc1ccn(CCN2CCOCC2)c(=O)c1C(=O)Nc1ccc2nc(C)c(C)nc2c1. The summed E-state index contributed by atoms with van der Waals surface area (Å²) < 4.78 is 6.97. The average molecular weight is 422 g/mol. The number of morpholine rings is 1. The number of pyridine rings is 1. The van der Waals surface area contributed by atoms with Crippen LogP contribution in [0.2, 0.25) is 0 Å². The number of rotatable bonds is 5. The fraction of sp³-hybridized carbons (Fsp3) is 0.391. The van der Waals surface area contributed by atoms with Crippen LogP contribution in [-0.4, -0.2) is 58.2 Å². The molecule has 1 aliphatic rings. The number of carbonyl (C=O) groups is 1. The lowest BCUT2D eigenvalue weighted by Gasteiger charge is -2.26. The van der Waals surface area contributed by atoms with Gasteiger partial charge in [-0.3, -0.25) is 14.5 Å². The van der Waals surface area contributed by atoms with E-state index in [2.05, 4.69) is 20.2 Å². The molecule has 0 unspecified atom stereocenters. The fourth-order valence-corrected chi connectivity index (χ4v) is 3.69. The molecule has 8 nitrogen and oxygen atoms in total. The molecule has 0 bridgehead atoms. The largest absolute Gasteiger partial charge is 0.379 e. The number of amides is 1. The van der Waals surface area contributed by atoms with Gasteiger partial charge in [-0.05, 0) is 50.6 Å². The van der Waals surface area contributed by atoms with Crippen molar-refractivity contribution in [1.29, 1.82) is 0 Å². The lowest BCUT2D eigenvalue weighted by Crippen LogP contribution is -2.40. The van der Waals surface area contributed by atoms with E-state index in [1.165, 1.54) is 0 Å². The third kappa shape index (κ3) is 4.65. The third-order valence-corrected chi connectivity index (χ3v) is 5.69. The Balaban J connectivity index is 1.54. The van der Waals surface area contributed by atoms with Gasteiger partial charge in [-0.15, -0.1) is 0 Å². The maximum absolute atomic E-state index is 13.0. The molecule has 1 aliphatic heterocycles. The van der Waals surface area contributed by atoms with Crippen LogP contribution in [0.3, 0.4) is 0 Å². The Hall–Kier alpha value is -3.10. The number of nitrogens with one attached hydrogen (secondary N) is 1. The molecule has 0 radical (unpaired) electrons. The number of ether oxygens (including phenoxy) is 1. The number of hydrogen-bond donors (Lipinski definition) is 1. The molecule has 3 heterocycles. The quantitative estimate of drug-likeness (QED) is 0.680. The normalized spacial score (nSPS) is 14.7. The number of fused-ring (bicyclic) bond motifs is 1. The molecule has 1 saturated heterocycles. The van der Waals surface area contributed by atoms with Gasteiger partial charge in [0.15, 0.2) is 0 Å². The van der Waals surface area contributed by atoms with Crippen molar-refractivity contribution in [3.63, 3.8) is 0 Å². The van der Waals surface area contributed by atoms with Crippen LogP contribution in [0.25, 0.3) is 11.0 Å². The van der Waals surface area contributed by atoms with Crippen molar-refractivity contribution in [3.8, 4) is 0 Å². The van der Waals surface area contributed by atoms with Crippen molar-refractivity contribution in [2.75, 3.05) is 38.2 Å². The summed E-state index contributed by atoms with van der Waals surface area (Å²) >= 11 is 0. The third-order valence-electron chi connectivity index (χ3n) is 5.69. The highest BCUT2D eigenvalue weighted by atomic mass is 16.5. The minimum Gasteiger partial charge on any atom is -0.379 e. The van der Waals surface area contributed by atoms with Gasteiger partial charge in [-0.25, -0.2) is 9.97 Å². The Bertz CT molecular complexity index is 1180. The van der Waals surface area contributed by atoms with Gasteiger partial charge in [0.1, 0.15) is 5.56 Å². The molecule has 0 saturated carbocycles. The first-order valence-corrected chi connectivity index (χ1v) is 10.5. The van der Waals surface area contributed by atoms with Crippen molar-refractivity contribution in [3.05, 3.63) is 63.3 Å². The van der Waals surface area contributed by atoms with Gasteiger partial charge in [0, 0.05) is 38.1 Å². The molecule has 1 fully saturated rings. The molecule has 2 aromatic heterocycles. The van der Waals surface area contributed by atoms with Crippen LogP contribution < -0.4 is 10.9 Å². The molecule has 0 aliphatic carbocycles. The van der Waals surface area contributed by atoms with Gasteiger partial charge in [-0.1, -0.05) is 0 Å². The lowest BCUT2D eigenvalue weighted by molar-refractivity contribution is 0.0363. The summed E-state index contributed by atoms with van der Waals surface area (Å²) in [5.74, 6) is -0.417. The zero-order chi connectivity index (χ0) is 22.0. The molecule has 1 amide bonds. The molecule has 1 aromatic carbocycles. The Labute approximate surface area is 180 Å². The maximum Gasteiger partial charge on any atom is 0.263 e. The van der Waals surface area contributed by atoms with Crippen LogP contribution >= 0.6 is 0 Å². The van der Waals surface area contributed by atoms with E-state index in [0.717, 1.165) is 36.5 Å². The Morgan fingerprint density at radius 2 is 1.74 bits per heavy atom. The minimum atomic E-state index is -0.417. The van der Waals surface area contributed by atoms with Gasteiger partial charge in [0.2, 0.25) is 0 Å². The van der Waals surface area contributed by atoms with E-state index in [4.69, 9.17) is 4.74 Å². The van der Waals surface area contributed by atoms with E-state index in [0.29, 0.717) is 36.5 Å². The molecule has 162 valence electrons. The average Bonchev–Trinajstić information content (AvgIpc) is 2.75. The van der Waals surface area contributed by atoms with Crippen LogP contribution in [0.4, 0.5) is 5.69 Å². The Kier molecular flexibility index (Phi) is 6.11. The Morgan fingerprint density at radius 3 is 2.48 bits per heavy atom. The molecule has 3 aromatic rings. The summed E-state index contributed by atoms with van der Waals surface area (Å²) in [5.41, 5.74) is 4.30.